The van der Waals surface area contributed by atoms with Crippen LogP contribution >= 0.6 is 0 Å². The summed E-state index contributed by atoms with van der Waals surface area (Å²) in [6, 6.07) is 9.12. The average Bonchev–Trinajstić information content (AvgIpc) is 2.72. The normalized spacial score (nSPS) is 26.6. The van der Waals surface area contributed by atoms with E-state index in [4.69, 9.17) is 14.2 Å². The summed E-state index contributed by atoms with van der Waals surface area (Å²) in [5.74, 6) is 0.410. The summed E-state index contributed by atoms with van der Waals surface area (Å²) in [6.45, 7) is -0.559. The predicted molar refractivity (Wildman–Crippen MR) is 106 cm³/mol. The molecule has 9 heteroatoms. The van der Waals surface area contributed by atoms with Crippen LogP contribution in [0.15, 0.2) is 36.4 Å². The molecule has 1 aliphatic rings. The van der Waals surface area contributed by atoms with E-state index >= 15 is 0 Å². The van der Waals surface area contributed by atoms with E-state index in [0.29, 0.717) is 11.3 Å². The Bertz CT molecular complexity index is 876. The highest BCUT2D eigenvalue weighted by atomic mass is 16.7. The highest BCUT2D eigenvalue weighted by Crippen LogP contribution is 2.32. The van der Waals surface area contributed by atoms with Crippen molar-refractivity contribution in [2.45, 2.75) is 30.7 Å². The number of aliphatic hydroxyl groups is 4. The van der Waals surface area contributed by atoms with Gasteiger partial charge < -0.3 is 44.8 Å². The Kier molecular flexibility index (Phi) is 6.80. The van der Waals surface area contributed by atoms with Gasteiger partial charge in [-0.25, -0.2) is 0 Å². The minimum absolute atomic E-state index is 0.0597. The predicted octanol–water partition coefficient (Wildman–Crippen LogP) is 0.455. The third-order valence-electron chi connectivity index (χ3n) is 4.67. The molecule has 9 nitrogen and oxygen atoms in total. The lowest BCUT2D eigenvalue weighted by Gasteiger charge is -2.39. The van der Waals surface area contributed by atoms with E-state index in [1.165, 1.54) is 25.3 Å². The van der Waals surface area contributed by atoms with Gasteiger partial charge in [0.1, 0.15) is 35.9 Å². The van der Waals surface area contributed by atoms with E-state index in [0.717, 1.165) is 5.56 Å². The summed E-state index contributed by atoms with van der Waals surface area (Å²) in [5, 5.41) is 58.2. The Balaban J connectivity index is 1.78. The van der Waals surface area contributed by atoms with E-state index in [1.807, 2.05) is 0 Å². The van der Waals surface area contributed by atoms with Gasteiger partial charge in [-0.05, 0) is 35.4 Å². The largest absolute Gasteiger partial charge is 0.508 e. The van der Waals surface area contributed by atoms with E-state index in [1.54, 1.807) is 30.4 Å². The summed E-state index contributed by atoms with van der Waals surface area (Å²) in [4.78, 5) is 0. The molecule has 1 saturated heterocycles. The van der Waals surface area contributed by atoms with Crippen LogP contribution in [0.4, 0.5) is 0 Å². The summed E-state index contributed by atoms with van der Waals surface area (Å²) in [7, 11) is 1.43. The van der Waals surface area contributed by atoms with Crippen LogP contribution in [0.2, 0.25) is 0 Å². The second-order valence-electron chi connectivity index (χ2n) is 6.84. The third-order valence-corrected chi connectivity index (χ3v) is 4.67. The van der Waals surface area contributed by atoms with Crippen molar-refractivity contribution in [3.63, 3.8) is 0 Å². The molecule has 2 aromatic carbocycles. The zero-order valence-electron chi connectivity index (χ0n) is 16.1. The number of phenolic OH excluding ortho intramolecular Hbond substituents is 2. The first-order valence-electron chi connectivity index (χ1n) is 9.18. The summed E-state index contributed by atoms with van der Waals surface area (Å²) in [5.41, 5.74) is 1.31. The van der Waals surface area contributed by atoms with Crippen LogP contribution in [0, 0.1) is 0 Å². The maximum atomic E-state index is 10.1. The van der Waals surface area contributed by atoms with Gasteiger partial charge in [-0.3, -0.25) is 0 Å². The number of phenols is 2. The number of rotatable bonds is 6. The Labute approximate surface area is 172 Å². The molecule has 162 valence electrons. The van der Waals surface area contributed by atoms with Crippen molar-refractivity contribution < 1.29 is 44.8 Å². The fourth-order valence-corrected chi connectivity index (χ4v) is 3.08. The third kappa shape index (κ3) is 4.84. The van der Waals surface area contributed by atoms with Gasteiger partial charge in [0.2, 0.25) is 6.29 Å². The van der Waals surface area contributed by atoms with Gasteiger partial charge in [0, 0.05) is 6.07 Å². The molecular weight excluding hydrogens is 396 g/mol. The standard InChI is InChI=1S/C21H24O9/c1-28-16-8-11(2-3-12-6-13(23)9-14(24)7-12)4-5-15(16)29-21-20(27)19(26)18(25)17(10-22)30-21/h2-9,17-27H,10H2,1H3/b3-2-/t17-,18-,19+,20-,21-/m1/s1. The molecule has 2 aromatic rings. The van der Waals surface area contributed by atoms with E-state index < -0.39 is 37.3 Å². The molecule has 0 spiro atoms. The number of ether oxygens (including phenoxy) is 3. The molecule has 0 saturated carbocycles. The molecule has 30 heavy (non-hydrogen) atoms. The fraction of sp³-hybridized carbons (Fsp3) is 0.333. The molecule has 3 rings (SSSR count). The number of aromatic hydroxyl groups is 2. The molecule has 6 N–H and O–H groups in total. The van der Waals surface area contributed by atoms with Crippen LogP contribution in [0.3, 0.4) is 0 Å². The molecule has 0 unspecified atom stereocenters. The molecule has 5 atom stereocenters. The van der Waals surface area contributed by atoms with E-state index in [9.17, 15) is 30.6 Å². The van der Waals surface area contributed by atoms with Crippen LogP contribution in [-0.4, -0.2) is 75.1 Å². The van der Waals surface area contributed by atoms with Crippen LogP contribution in [0.1, 0.15) is 11.1 Å². The number of benzene rings is 2. The molecule has 1 heterocycles. The Hall–Kier alpha value is -2.82. The van der Waals surface area contributed by atoms with Gasteiger partial charge in [-0.1, -0.05) is 18.2 Å². The summed E-state index contributed by atoms with van der Waals surface area (Å²) < 4.78 is 16.3. The summed E-state index contributed by atoms with van der Waals surface area (Å²) >= 11 is 0. The summed E-state index contributed by atoms with van der Waals surface area (Å²) in [6.07, 6.45) is -3.55. The van der Waals surface area contributed by atoms with Crippen molar-refractivity contribution in [1.82, 2.24) is 0 Å². The average molecular weight is 420 g/mol. The van der Waals surface area contributed by atoms with Crippen molar-refractivity contribution >= 4 is 12.2 Å². The lowest BCUT2D eigenvalue weighted by atomic mass is 9.99. The Morgan fingerprint density at radius 2 is 1.53 bits per heavy atom. The van der Waals surface area contributed by atoms with E-state index in [2.05, 4.69) is 0 Å². The van der Waals surface area contributed by atoms with Crippen LogP contribution in [-0.2, 0) is 4.74 Å². The van der Waals surface area contributed by atoms with Gasteiger partial charge in [0.05, 0.1) is 13.7 Å². The zero-order chi connectivity index (χ0) is 21.8. The molecule has 0 bridgehead atoms. The Morgan fingerprint density at radius 1 is 0.867 bits per heavy atom. The highest BCUT2D eigenvalue weighted by molar-refractivity contribution is 5.72. The minimum Gasteiger partial charge on any atom is -0.508 e. The second-order valence-corrected chi connectivity index (χ2v) is 6.84. The first-order chi connectivity index (χ1) is 14.3. The van der Waals surface area contributed by atoms with E-state index in [-0.39, 0.29) is 17.2 Å². The van der Waals surface area contributed by atoms with Crippen molar-refractivity contribution in [2.75, 3.05) is 13.7 Å². The van der Waals surface area contributed by atoms with Crippen molar-refractivity contribution in [1.29, 1.82) is 0 Å². The molecular formula is C21H24O9. The van der Waals surface area contributed by atoms with Crippen LogP contribution < -0.4 is 9.47 Å². The Morgan fingerprint density at radius 3 is 2.17 bits per heavy atom. The molecule has 0 aromatic heterocycles. The topological polar surface area (TPSA) is 149 Å². The number of hydrogen-bond donors (Lipinski definition) is 6. The van der Waals surface area contributed by atoms with Crippen molar-refractivity contribution in [3.05, 3.63) is 47.5 Å². The van der Waals surface area contributed by atoms with Crippen molar-refractivity contribution in [2.24, 2.45) is 0 Å². The number of hydrogen-bond acceptors (Lipinski definition) is 9. The first-order valence-corrected chi connectivity index (χ1v) is 9.18. The van der Waals surface area contributed by atoms with Gasteiger partial charge in [0.25, 0.3) is 0 Å². The zero-order valence-corrected chi connectivity index (χ0v) is 16.1. The monoisotopic (exact) mass is 420 g/mol. The molecule has 1 aliphatic heterocycles. The fourth-order valence-electron chi connectivity index (χ4n) is 3.08. The van der Waals surface area contributed by atoms with Crippen LogP contribution in [0.25, 0.3) is 12.2 Å². The molecule has 0 amide bonds. The molecule has 0 aliphatic carbocycles. The van der Waals surface area contributed by atoms with Gasteiger partial charge >= 0.3 is 0 Å². The van der Waals surface area contributed by atoms with Gasteiger partial charge in [-0.15, -0.1) is 0 Å². The van der Waals surface area contributed by atoms with Crippen molar-refractivity contribution in [3.8, 4) is 23.0 Å². The number of methoxy groups -OCH3 is 1. The SMILES string of the molecule is COc1cc(/C=C\c2cc(O)cc(O)c2)ccc1O[C@@H]1O[C@H](CO)[C@@H](O)[C@H](O)[C@H]1O. The lowest BCUT2D eigenvalue weighted by Crippen LogP contribution is -2.60. The second kappa shape index (κ2) is 9.33. The lowest BCUT2D eigenvalue weighted by molar-refractivity contribution is -0.277. The first kappa shape index (κ1) is 21.9. The smallest absolute Gasteiger partial charge is 0.229 e. The number of aliphatic hydroxyl groups excluding tert-OH is 4. The van der Waals surface area contributed by atoms with Crippen LogP contribution in [0.5, 0.6) is 23.0 Å². The highest BCUT2D eigenvalue weighted by Gasteiger charge is 2.44. The van der Waals surface area contributed by atoms with Gasteiger partial charge in [-0.2, -0.15) is 0 Å². The molecule has 1 fully saturated rings. The quantitative estimate of drug-likeness (QED) is 0.366. The maximum Gasteiger partial charge on any atom is 0.229 e. The minimum atomic E-state index is -1.55. The maximum absolute atomic E-state index is 10.1. The molecule has 0 radical (unpaired) electrons. The van der Waals surface area contributed by atoms with Gasteiger partial charge in [0.15, 0.2) is 11.5 Å².